The third kappa shape index (κ3) is 5.05. The lowest BCUT2D eigenvalue weighted by molar-refractivity contribution is -0.142. The van der Waals surface area contributed by atoms with E-state index in [1.165, 1.54) is 33.3 Å². The van der Waals surface area contributed by atoms with E-state index < -0.39 is 27.8 Å². The van der Waals surface area contributed by atoms with Crippen LogP contribution in [0, 0.1) is 0 Å². The van der Waals surface area contributed by atoms with Crippen LogP contribution in [0.1, 0.15) is 27.3 Å². The zero-order valence-electron chi connectivity index (χ0n) is 17.6. The summed E-state index contributed by atoms with van der Waals surface area (Å²) in [5.74, 6) is -0.467. The van der Waals surface area contributed by atoms with Crippen LogP contribution in [-0.4, -0.2) is 67.9 Å². The van der Waals surface area contributed by atoms with Crippen molar-refractivity contribution in [2.75, 3.05) is 39.5 Å². The highest BCUT2D eigenvalue weighted by molar-refractivity contribution is 7.89. The molecule has 2 aromatic rings. The second-order valence-electron chi connectivity index (χ2n) is 7.59. The molecule has 1 N–H and O–H groups in total. The highest BCUT2D eigenvalue weighted by atomic mass is 32.2. The van der Waals surface area contributed by atoms with Crippen molar-refractivity contribution in [1.29, 1.82) is 0 Å². The average molecular weight is 488 g/mol. The number of carbonyl (C=O) groups excluding carboxylic acids is 1. The molecule has 0 aliphatic carbocycles. The van der Waals surface area contributed by atoms with Gasteiger partial charge in [-0.15, -0.1) is 0 Å². The van der Waals surface area contributed by atoms with Crippen molar-refractivity contribution in [2.45, 2.75) is 30.6 Å². The molecule has 0 unspecified atom stereocenters. The minimum absolute atomic E-state index is 0.0390. The van der Waals surface area contributed by atoms with Crippen LogP contribution in [0.3, 0.4) is 0 Å². The fourth-order valence-electron chi connectivity index (χ4n) is 3.81. The number of rotatable bonds is 6. The SMILES string of the molecule is O=C(NCCn1nc(C(F)(F)F)c2c1CCOC2)c1ccc(S(=O)(=O)N2CCOCC2)cc1. The van der Waals surface area contributed by atoms with E-state index in [2.05, 4.69) is 10.4 Å². The van der Waals surface area contributed by atoms with Gasteiger partial charge in [-0.3, -0.25) is 9.48 Å². The molecular weight excluding hydrogens is 465 g/mol. The number of nitrogens with one attached hydrogen (secondary N) is 1. The fraction of sp³-hybridized carbons (Fsp3) is 0.500. The minimum atomic E-state index is -4.58. The van der Waals surface area contributed by atoms with Crippen LogP contribution < -0.4 is 5.32 Å². The molecule has 4 rings (SSSR count). The molecule has 33 heavy (non-hydrogen) atoms. The number of alkyl halides is 3. The molecule has 1 aromatic heterocycles. The smallest absolute Gasteiger partial charge is 0.379 e. The van der Waals surface area contributed by atoms with E-state index in [-0.39, 0.29) is 48.8 Å². The lowest BCUT2D eigenvalue weighted by Gasteiger charge is -2.26. The monoisotopic (exact) mass is 488 g/mol. The number of amides is 1. The summed E-state index contributed by atoms with van der Waals surface area (Å²) in [6.07, 6.45) is -4.27. The summed E-state index contributed by atoms with van der Waals surface area (Å²) in [5, 5.41) is 6.33. The van der Waals surface area contributed by atoms with Gasteiger partial charge in [0.2, 0.25) is 10.0 Å². The van der Waals surface area contributed by atoms with Gasteiger partial charge in [-0.25, -0.2) is 8.42 Å². The molecule has 3 heterocycles. The fourth-order valence-corrected chi connectivity index (χ4v) is 5.22. The topological polar surface area (TPSA) is 103 Å². The third-order valence-corrected chi connectivity index (χ3v) is 7.41. The van der Waals surface area contributed by atoms with Crippen molar-refractivity contribution < 1.29 is 35.9 Å². The standard InChI is InChI=1S/C20H23F3N4O5S/c21-20(22,23)18-16-13-32-10-5-17(16)27(25-18)7-6-24-19(28)14-1-3-15(4-2-14)33(29,30)26-8-11-31-12-9-26/h1-4H,5-13H2,(H,24,28). The van der Waals surface area contributed by atoms with Crippen molar-refractivity contribution in [3.05, 3.63) is 46.8 Å². The summed E-state index contributed by atoms with van der Waals surface area (Å²) >= 11 is 0. The summed E-state index contributed by atoms with van der Waals surface area (Å²) in [4.78, 5) is 12.5. The molecule has 0 radical (unpaired) electrons. The zero-order valence-corrected chi connectivity index (χ0v) is 18.4. The molecule has 1 fully saturated rings. The van der Waals surface area contributed by atoms with E-state index in [9.17, 15) is 26.4 Å². The summed E-state index contributed by atoms with van der Waals surface area (Å²) < 4.78 is 78.0. The Bertz CT molecular complexity index is 1110. The predicted molar refractivity (Wildman–Crippen MR) is 109 cm³/mol. The Labute approximate surface area is 188 Å². The Morgan fingerprint density at radius 3 is 2.45 bits per heavy atom. The Morgan fingerprint density at radius 1 is 1.09 bits per heavy atom. The number of sulfonamides is 1. The number of aromatic nitrogens is 2. The number of ether oxygens (including phenoxy) is 2. The first-order valence-electron chi connectivity index (χ1n) is 10.4. The summed E-state index contributed by atoms with van der Waals surface area (Å²) in [6.45, 7) is 1.48. The first-order chi connectivity index (χ1) is 15.7. The maximum absolute atomic E-state index is 13.2. The number of hydrogen-bond donors (Lipinski definition) is 1. The van der Waals surface area contributed by atoms with Gasteiger partial charge in [0.15, 0.2) is 5.69 Å². The molecule has 0 spiro atoms. The van der Waals surface area contributed by atoms with Gasteiger partial charge in [-0.05, 0) is 24.3 Å². The number of fused-ring (bicyclic) bond motifs is 1. The van der Waals surface area contributed by atoms with Crippen LogP contribution in [0.4, 0.5) is 13.2 Å². The van der Waals surface area contributed by atoms with Gasteiger partial charge in [-0.1, -0.05) is 0 Å². The van der Waals surface area contributed by atoms with Crippen LogP contribution in [0.15, 0.2) is 29.2 Å². The quantitative estimate of drug-likeness (QED) is 0.660. The van der Waals surface area contributed by atoms with Gasteiger partial charge < -0.3 is 14.8 Å². The van der Waals surface area contributed by atoms with Crippen molar-refractivity contribution in [2.24, 2.45) is 0 Å². The van der Waals surface area contributed by atoms with Gasteiger partial charge in [0, 0.05) is 42.9 Å². The van der Waals surface area contributed by atoms with Crippen molar-refractivity contribution in [3.63, 3.8) is 0 Å². The first kappa shape index (κ1) is 23.7. The maximum Gasteiger partial charge on any atom is 0.435 e. The Balaban J connectivity index is 1.38. The highest BCUT2D eigenvalue weighted by Gasteiger charge is 2.39. The second-order valence-corrected chi connectivity index (χ2v) is 9.53. The molecule has 0 saturated carbocycles. The van der Waals surface area contributed by atoms with Crippen molar-refractivity contribution in [3.8, 4) is 0 Å². The van der Waals surface area contributed by atoms with Crippen LogP contribution in [-0.2, 0) is 45.2 Å². The normalized spacial score (nSPS) is 17.5. The van der Waals surface area contributed by atoms with E-state index in [1.807, 2.05) is 0 Å². The molecule has 13 heteroatoms. The number of nitrogens with zero attached hydrogens (tertiary/aromatic N) is 3. The van der Waals surface area contributed by atoms with Gasteiger partial charge in [-0.2, -0.15) is 22.6 Å². The van der Waals surface area contributed by atoms with Gasteiger partial charge in [0.1, 0.15) is 0 Å². The van der Waals surface area contributed by atoms with Gasteiger partial charge >= 0.3 is 6.18 Å². The van der Waals surface area contributed by atoms with Gasteiger partial charge in [0.25, 0.3) is 5.91 Å². The molecule has 1 saturated heterocycles. The Kier molecular flexibility index (Phi) is 6.75. The molecule has 2 aliphatic heterocycles. The molecule has 9 nitrogen and oxygen atoms in total. The van der Waals surface area contributed by atoms with Crippen LogP contribution in [0.2, 0.25) is 0 Å². The average Bonchev–Trinajstić information content (AvgIpc) is 3.19. The van der Waals surface area contributed by atoms with Crippen LogP contribution in [0.25, 0.3) is 0 Å². The van der Waals surface area contributed by atoms with E-state index in [0.717, 1.165) is 0 Å². The number of morpholine rings is 1. The lowest BCUT2D eigenvalue weighted by atomic mass is 10.1. The van der Waals surface area contributed by atoms with Crippen molar-refractivity contribution in [1.82, 2.24) is 19.4 Å². The van der Waals surface area contributed by atoms with Crippen molar-refractivity contribution >= 4 is 15.9 Å². The molecular formula is C20H23F3N4O5S. The van der Waals surface area contributed by atoms with E-state index in [4.69, 9.17) is 9.47 Å². The molecule has 2 aliphatic rings. The zero-order chi connectivity index (χ0) is 23.6. The number of halogens is 3. The highest BCUT2D eigenvalue weighted by Crippen LogP contribution is 2.34. The summed E-state index contributed by atoms with van der Waals surface area (Å²) in [5.41, 5.74) is -0.221. The molecule has 0 atom stereocenters. The van der Waals surface area contributed by atoms with E-state index >= 15 is 0 Å². The largest absolute Gasteiger partial charge is 0.435 e. The Hall–Kier alpha value is -2.48. The summed E-state index contributed by atoms with van der Waals surface area (Å²) in [6, 6.07) is 5.52. The predicted octanol–water partition coefficient (Wildman–Crippen LogP) is 1.43. The van der Waals surface area contributed by atoms with Crippen LogP contribution in [0.5, 0.6) is 0 Å². The van der Waals surface area contributed by atoms with Crippen LogP contribution >= 0.6 is 0 Å². The molecule has 1 amide bonds. The lowest BCUT2D eigenvalue weighted by Crippen LogP contribution is -2.40. The third-order valence-electron chi connectivity index (χ3n) is 5.50. The number of benzene rings is 1. The Morgan fingerprint density at radius 2 is 1.79 bits per heavy atom. The first-order valence-corrected chi connectivity index (χ1v) is 11.8. The molecule has 1 aromatic carbocycles. The molecule has 180 valence electrons. The van der Waals surface area contributed by atoms with E-state index in [0.29, 0.717) is 31.9 Å². The maximum atomic E-state index is 13.2. The van der Waals surface area contributed by atoms with Gasteiger partial charge in [0.05, 0.1) is 37.9 Å². The minimum Gasteiger partial charge on any atom is -0.379 e. The van der Waals surface area contributed by atoms with E-state index in [1.54, 1.807) is 0 Å². The number of carbonyl (C=O) groups is 1. The summed E-state index contributed by atoms with van der Waals surface area (Å²) in [7, 11) is -3.67. The molecule has 0 bridgehead atoms. The second kappa shape index (κ2) is 9.41. The number of hydrogen-bond acceptors (Lipinski definition) is 6.